The number of aromatic nitrogens is 2. The fourth-order valence-electron chi connectivity index (χ4n) is 1.68. The van der Waals surface area contributed by atoms with Crippen LogP contribution in [0.2, 0.25) is 0 Å². The maximum Gasteiger partial charge on any atom is 0.353 e. The summed E-state index contributed by atoms with van der Waals surface area (Å²) in [5, 5.41) is 23.1. The Morgan fingerprint density at radius 1 is 1.47 bits per heavy atom. The van der Waals surface area contributed by atoms with Crippen LogP contribution in [0, 0.1) is 10.1 Å². The Labute approximate surface area is 111 Å². The van der Waals surface area contributed by atoms with Gasteiger partial charge in [-0.15, -0.1) is 0 Å². The molecule has 0 amide bonds. The van der Waals surface area contributed by atoms with Crippen LogP contribution in [0.1, 0.15) is 20.3 Å². The first kappa shape index (κ1) is 15.1. The zero-order valence-electron chi connectivity index (χ0n) is 11.2. The van der Waals surface area contributed by atoms with Crippen LogP contribution < -0.4 is 10.2 Å². The lowest BCUT2D eigenvalue weighted by Gasteiger charge is -2.20. The molecule has 0 unspecified atom stereocenters. The minimum Gasteiger partial charge on any atom is -0.395 e. The smallest absolute Gasteiger partial charge is 0.353 e. The van der Waals surface area contributed by atoms with Gasteiger partial charge in [-0.1, -0.05) is 6.92 Å². The molecule has 2 N–H and O–H groups in total. The van der Waals surface area contributed by atoms with Gasteiger partial charge in [-0.05, 0) is 13.3 Å². The van der Waals surface area contributed by atoms with E-state index in [-0.39, 0.29) is 23.9 Å². The molecule has 1 heterocycles. The molecule has 1 aromatic heterocycles. The van der Waals surface area contributed by atoms with Crippen LogP contribution in [0.3, 0.4) is 0 Å². The number of nitro groups is 1. The molecule has 0 saturated carbocycles. The fourth-order valence-corrected chi connectivity index (χ4v) is 1.68. The number of nitrogens with one attached hydrogen (secondary N) is 1. The van der Waals surface area contributed by atoms with Crippen LogP contribution in [-0.4, -0.2) is 46.2 Å². The third kappa shape index (κ3) is 3.75. The zero-order valence-corrected chi connectivity index (χ0v) is 11.2. The number of nitrogens with zero attached hydrogens (tertiary/aromatic N) is 4. The zero-order chi connectivity index (χ0) is 14.3. The van der Waals surface area contributed by atoms with Gasteiger partial charge >= 0.3 is 5.69 Å². The molecule has 0 radical (unpaired) electrons. The van der Waals surface area contributed by atoms with Gasteiger partial charge in [-0.3, -0.25) is 10.1 Å². The van der Waals surface area contributed by atoms with Crippen molar-refractivity contribution in [3.63, 3.8) is 0 Å². The number of aliphatic hydroxyl groups excluding tert-OH is 1. The Morgan fingerprint density at radius 3 is 2.74 bits per heavy atom. The van der Waals surface area contributed by atoms with Crippen LogP contribution >= 0.6 is 0 Å². The van der Waals surface area contributed by atoms with Gasteiger partial charge in [0, 0.05) is 19.6 Å². The summed E-state index contributed by atoms with van der Waals surface area (Å²) in [5.74, 6) is 0.448. The van der Waals surface area contributed by atoms with E-state index in [1.165, 1.54) is 6.33 Å². The highest BCUT2D eigenvalue weighted by atomic mass is 16.6. The van der Waals surface area contributed by atoms with E-state index in [4.69, 9.17) is 5.11 Å². The van der Waals surface area contributed by atoms with Crippen molar-refractivity contribution in [2.45, 2.75) is 20.3 Å². The quantitative estimate of drug-likeness (QED) is 0.536. The Hall–Kier alpha value is -1.96. The van der Waals surface area contributed by atoms with E-state index < -0.39 is 4.92 Å². The molecule has 1 rings (SSSR count). The van der Waals surface area contributed by atoms with Crippen molar-refractivity contribution in [1.82, 2.24) is 9.97 Å². The third-order valence-electron chi connectivity index (χ3n) is 2.58. The first-order valence-corrected chi connectivity index (χ1v) is 6.24. The van der Waals surface area contributed by atoms with Gasteiger partial charge in [0.25, 0.3) is 0 Å². The molecule has 0 saturated heterocycles. The van der Waals surface area contributed by atoms with E-state index in [1.54, 1.807) is 4.90 Å². The molecule has 8 nitrogen and oxygen atoms in total. The molecule has 0 fully saturated rings. The lowest BCUT2D eigenvalue weighted by atomic mass is 10.3. The minimum absolute atomic E-state index is 0.0906. The lowest BCUT2D eigenvalue weighted by Crippen LogP contribution is -2.28. The fraction of sp³-hybridized carbons (Fsp3) is 0.636. The number of aliphatic hydroxyl groups is 1. The average molecular weight is 269 g/mol. The van der Waals surface area contributed by atoms with Gasteiger partial charge in [-0.25, -0.2) is 9.97 Å². The van der Waals surface area contributed by atoms with Gasteiger partial charge in [0.05, 0.1) is 11.5 Å². The normalized spacial score (nSPS) is 10.3. The maximum atomic E-state index is 11.2. The second-order valence-electron chi connectivity index (χ2n) is 3.88. The number of rotatable bonds is 8. The highest BCUT2D eigenvalue weighted by Crippen LogP contribution is 2.31. The molecule has 19 heavy (non-hydrogen) atoms. The minimum atomic E-state index is -0.493. The van der Waals surface area contributed by atoms with Crippen LogP contribution in [0.5, 0.6) is 0 Å². The molecule has 0 bridgehead atoms. The number of likely N-dealkylation sites (N-methyl/N-ethyl adjacent to an activating group) is 1. The monoisotopic (exact) mass is 269 g/mol. The summed E-state index contributed by atoms with van der Waals surface area (Å²) in [6.45, 7) is 5.13. The second-order valence-corrected chi connectivity index (χ2v) is 3.88. The summed E-state index contributed by atoms with van der Waals surface area (Å²) >= 11 is 0. The van der Waals surface area contributed by atoms with Crippen molar-refractivity contribution in [1.29, 1.82) is 0 Å². The van der Waals surface area contributed by atoms with Crippen LogP contribution in [0.15, 0.2) is 6.33 Å². The molecular formula is C11H19N5O3. The first-order chi connectivity index (χ1) is 9.15. The van der Waals surface area contributed by atoms with Crippen molar-refractivity contribution in [2.24, 2.45) is 0 Å². The topological polar surface area (TPSA) is 104 Å². The largest absolute Gasteiger partial charge is 0.395 e. The highest BCUT2D eigenvalue weighted by molar-refractivity contribution is 5.70. The summed E-state index contributed by atoms with van der Waals surface area (Å²) < 4.78 is 0. The van der Waals surface area contributed by atoms with Crippen molar-refractivity contribution in [3.05, 3.63) is 16.4 Å². The van der Waals surface area contributed by atoms with Crippen molar-refractivity contribution >= 4 is 17.3 Å². The molecule has 0 aliphatic heterocycles. The SMILES string of the molecule is CCCNc1ncnc(N(CC)CCO)c1[N+](=O)[O-]. The van der Waals surface area contributed by atoms with Crippen LogP contribution in [-0.2, 0) is 0 Å². The molecule has 1 aromatic rings. The summed E-state index contributed by atoms with van der Waals surface area (Å²) in [6.07, 6.45) is 2.13. The summed E-state index contributed by atoms with van der Waals surface area (Å²) in [7, 11) is 0. The van der Waals surface area contributed by atoms with E-state index in [1.807, 2.05) is 13.8 Å². The summed E-state index contributed by atoms with van der Waals surface area (Å²) in [6, 6.07) is 0. The Balaban J connectivity index is 3.18. The van der Waals surface area contributed by atoms with E-state index in [0.29, 0.717) is 19.6 Å². The number of anilines is 2. The van der Waals surface area contributed by atoms with Crippen molar-refractivity contribution < 1.29 is 10.0 Å². The van der Waals surface area contributed by atoms with E-state index in [2.05, 4.69) is 15.3 Å². The van der Waals surface area contributed by atoms with Gasteiger partial charge in [0.1, 0.15) is 6.33 Å². The van der Waals surface area contributed by atoms with Gasteiger partial charge in [0.15, 0.2) is 0 Å². The molecular weight excluding hydrogens is 250 g/mol. The summed E-state index contributed by atoms with van der Waals surface area (Å²) in [4.78, 5) is 20.3. The molecule has 0 atom stereocenters. The molecule has 0 aliphatic rings. The third-order valence-corrected chi connectivity index (χ3v) is 2.58. The van der Waals surface area contributed by atoms with Crippen LogP contribution in [0.25, 0.3) is 0 Å². The molecule has 0 aliphatic carbocycles. The Kier molecular flexibility index (Phi) is 5.94. The van der Waals surface area contributed by atoms with Crippen LogP contribution in [0.4, 0.5) is 17.3 Å². The highest BCUT2D eigenvalue weighted by Gasteiger charge is 2.25. The second kappa shape index (κ2) is 7.47. The van der Waals surface area contributed by atoms with E-state index >= 15 is 0 Å². The molecule has 106 valence electrons. The average Bonchev–Trinajstić information content (AvgIpc) is 2.41. The summed E-state index contributed by atoms with van der Waals surface area (Å²) in [5.41, 5.74) is -0.147. The Morgan fingerprint density at radius 2 is 2.21 bits per heavy atom. The predicted molar refractivity (Wildman–Crippen MR) is 72.4 cm³/mol. The van der Waals surface area contributed by atoms with Crippen molar-refractivity contribution in [3.8, 4) is 0 Å². The number of hydrogen-bond donors (Lipinski definition) is 2. The lowest BCUT2D eigenvalue weighted by molar-refractivity contribution is -0.383. The van der Waals surface area contributed by atoms with E-state index in [9.17, 15) is 10.1 Å². The van der Waals surface area contributed by atoms with Gasteiger partial charge < -0.3 is 15.3 Å². The first-order valence-electron chi connectivity index (χ1n) is 6.24. The standard InChI is InChI=1S/C11H19N5O3/c1-3-5-12-10-9(16(18)19)11(14-8-13-10)15(4-2)6-7-17/h8,17H,3-7H2,1-2H3,(H,12,13,14). The van der Waals surface area contributed by atoms with Gasteiger partial charge in [0.2, 0.25) is 11.6 Å². The Bertz CT molecular complexity index is 427. The number of hydrogen-bond acceptors (Lipinski definition) is 7. The van der Waals surface area contributed by atoms with Crippen molar-refractivity contribution in [2.75, 3.05) is 36.5 Å². The molecule has 8 heteroatoms. The predicted octanol–water partition coefficient (Wildman–Crippen LogP) is 1.03. The molecule has 0 aromatic carbocycles. The molecule has 0 spiro atoms. The maximum absolute atomic E-state index is 11.2. The van der Waals surface area contributed by atoms with E-state index in [0.717, 1.165) is 6.42 Å². The van der Waals surface area contributed by atoms with Gasteiger partial charge in [-0.2, -0.15) is 0 Å².